The van der Waals surface area contributed by atoms with Crippen LogP contribution in [0.1, 0.15) is 13.8 Å². The fourth-order valence-electron chi connectivity index (χ4n) is 1.51. The summed E-state index contributed by atoms with van der Waals surface area (Å²) >= 11 is 1.79. The van der Waals surface area contributed by atoms with Gasteiger partial charge in [-0.15, -0.1) is 11.3 Å². The summed E-state index contributed by atoms with van der Waals surface area (Å²) in [6, 6.07) is 16.3. The van der Waals surface area contributed by atoms with Gasteiger partial charge in [0.25, 0.3) is 0 Å². The summed E-state index contributed by atoms with van der Waals surface area (Å²) in [5.41, 5.74) is 0. The van der Waals surface area contributed by atoms with Crippen LogP contribution in [0.2, 0.25) is 0 Å². The standard InChI is InChI=1S/C8H6S.C5H5N.C5H7O2.Ir/c1-2-4-8-7(3-1)5-6-9-8;1-2-4-6-5-3-1;1-4(6)3-5(2)7;/h1-6H;1-5H;3H,1-2H3;/q;;-1;. The van der Waals surface area contributed by atoms with E-state index in [2.05, 4.69) is 40.7 Å². The molecule has 0 atom stereocenters. The zero-order valence-electron chi connectivity index (χ0n) is 12.9. The molecule has 0 aliphatic heterocycles. The van der Waals surface area contributed by atoms with E-state index in [1.54, 1.807) is 23.7 Å². The molecule has 0 spiro atoms. The smallest absolute Gasteiger partial charge is 0.0342 e. The third kappa shape index (κ3) is 10.5. The summed E-state index contributed by atoms with van der Waals surface area (Å²) in [7, 11) is 0. The number of aromatic nitrogens is 1. The summed E-state index contributed by atoms with van der Waals surface area (Å²) in [6.07, 6.45) is 4.56. The second-order valence-corrected chi connectivity index (χ2v) is 5.30. The first-order valence-electron chi connectivity index (χ1n) is 6.72. The molecule has 3 aromatic rings. The van der Waals surface area contributed by atoms with Crippen molar-refractivity contribution in [2.75, 3.05) is 0 Å². The average Bonchev–Trinajstić information content (AvgIpc) is 2.97. The number of carbonyl (C=O) groups excluding carboxylic acids is 2. The zero-order valence-corrected chi connectivity index (χ0v) is 16.1. The molecule has 0 fully saturated rings. The minimum Gasteiger partial charge on any atom is -0.334 e. The van der Waals surface area contributed by atoms with Crippen LogP contribution in [0, 0.1) is 6.42 Å². The van der Waals surface area contributed by atoms with Crippen molar-refractivity contribution < 1.29 is 29.7 Å². The number of carbonyl (C=O) groups is 2. The van der Waals surface area contributed by atoms with Crippen molar-refractivity contribution in [1.29, 1.82) is 0 Å². The Labute approximate surface area is 154 Å². The van der Waals surface area contributed by atoms with E-state index in [0.717, 1.165) is 6.42 Å². The van der Waals surface area contributed by atoms with Crippen molar-refractivity contribution in [3.8, 4) is 0 Å². The molecular formula is C18H18IrNO2S-. The topological polar surface area (TPSA) is 47.0 Å². The Kier molecular flexibility index (Phi) is 11.7. The molecule has 0 aliphatic carbocycles. The predicted molar refractivity (Wildman–Crippen MR) is 91.7 cm³/mol. The van der Waals surface area contributed by atoms with Crippen LogP contribution in [-0.2, 0) is 29.7 Å². The van der Waals surface area contributed by atoms with Crippen LogP contribution in [0.4, 0.5) is 0 Å². The van der Waals surface area contributed by atoms with Crippen molar-refractivity contribution in [1.82, 2.24) is 4.98 Å². The van der Waals surface area contributed by atoms with Crippen LogP contribution < -0.4 is 0 Å². The van der Waals surface area contributed by atoms with Gasteiger partial charge in [-0.2, -0.15) is 0 Å². The second kappa shape index (κ2) is 12.7. The average molecular weight is 505 g/mol. The molecule has 3 nitrogen and oxygen atoms in total. The molecule has 123 valence electrons. The Morgan fingerprint density at radius 3 is 1.91 bits per heavy atom. The van der Waals surface area contributed by atoms with Gasteiger partial charge in [0.05, 0.1) is 0 Å². The molecule has 2 heterocycles. The first kappa shape index (κ1) is 21.2. The monoisotopic (exact) mass is 505 g/mol. The fraction of sp³-hybridized carbons (Fsp3) is 0.111. The summed E-state index contributed by atoms with van der Waals surface area (Å²) in [5, 5.41) is 3.47. The van der Waals surface area contributed by atoms with Gasteiger partial charge in [-0.1, -0.05) is 24.3 Å². The summed E-state index contributed by atoms with van der Waals surface area (Å²) in [5.74, 6) is -0.375. The molecule has 0 aliphatic rings. The van der Waals surface area contributed by atoms with Gasteiger partial charge in [0.15, 0.2) is 0 Å². The van der Waals surface area contributed by atoms with Gasteiger partial charge in [0, 0.05) is 48.8 Å². The third-order valence-electron chi connectivity index (χ3n) is 2.33. The van der Waals surface area contributed by atoms with E-state index in [0.29, 0.717) is 0 Å². The van der Waals surface area contributed by atoms with Crippen LogP contribution in [0.5, 0.6) is 0 Å². The predicted octanol–water partition coefficient (Wildman–Crippen LogP) is 4.35. The summed E-state index contributed by atoms with van der Waals surface area (Å²) in [4.78, 5) is 23.7. The van der Waals surface area contributed by atoms with Gasteiger partial charge >= 0.3 is 0 Å². The molecular weight excluding hydrogens is 486 g/mol. The number of rotatable bonds is 2. The van der Waals surface area contributed by atoms with Crippen LogP contribution in [0.15, 0.2) is 66.3 Å². The third-order valence-corrected chi connectivity index (χ3v) is 3.23. The quantitative estimate of drug-likeness (QED) is 0.385. The van der Waals surface area contributed by atoms with E-state index >= 15 is 0 Å². The van der Waals surface area contributed by atoms with Gasteiger partial charge in [-0.05, 0) is 48.9 Å². The SMILES string of the molecule is CC(=O)[CH-]C(C)=O.[Ir].c1ccc2sccc2c1.c1ccncc1. The van der Waals surface area contributed by atoms with E-state index in [9.17, 15) is 9.59 Å². The largest absolute Gasteiger partial charge is 0.334 e. The Morgan fingerprint density at radius 2 is 1.52 bits per heavy atom. The summed E-state index contributed by atoms with van der Waals surface area (Å²) < 4.78 is 1.37. The number of nitrogens with zero attached hydrogens (tertiary/aromatic N) is 1. The molecule has 0 bridgehead atoms. The molecule has 1 radical (unpaired) electrons. The molecule has 23 heavy (non-hydrogen) atoms. The van der Waals surface area contributed by atoms with Gasteiger partial charge in [-0.3, -0.25) is 11.4 Å². The number of ketones is 2. The Balaban J connectivity index is 0.000000317. The maximum Gasteiger partial charge on any atom is 0.0342 e. The normalized spacial score (nSPS) is 8.43. The van der Waals surface area contributed by atoms with Gasteiger partial charge in [0.1, 0.15) is 0 Å². The second-order valence-electron chi connectivity index (χ2n) is 4.35. The number of fused-ring (bicyclic) bond motifs is 1. The van der Waals surface area contributed by atoms with E-state index in [1.807, 2.05) is 18.2 Å². The first-order chi connectivity index (χ1) is 10.6. The van der Waals surface area contributed by atoms with E-state index in [4.69, 9.17) is 0 Å². The molecule has 0 amide bonds. The van der Waals surface area contributed by atoms with Gasteiger partial charge in [0.2, 0.25) is 0 Å². The molecule has 0 saturated carbocycles. The van der Waals surface area contributed by atoms with E-state index < -0.39 is 0 Å². The minimum atomic E-state index is -0.187. The molecule has 5 heteroatoms. The molecule has 0 N–H and O–H groups in total. The van der Waals surface area contributed by atoms with Gasteiger partial charge < -0.3 is 9.59 Å². The number of Topliss-reactive ketones (excluding diaryl/α,β-unsaturated/α-hetero) is 2. The van der Waals surface area contributed by atoms with Crippen molar-refractivity contribution >= 4 is 33.0 Å². The zero-order chi connectivity index (χ0) is 16.2. The van der Waals surface area contributed by atoms with Crippen LogP contribution in [0.25, 0.3) is 10.1 Å². The van der Waals surface area contributed by atoms with E-state index in [1.165, 1.54) is 23.9 Å². The number of hydrogen-bond donors (Lipinski definition) is 0. The molecule has 0 saturated heterocycles. The summed E-state index contributed by atoms with van der Waals surface area (Å²) in [6.45, 7) is 2.70. The van der Waals surface area contributed by atoms with Crippen LogP contribution in [-0.4, -0.2) is 16.6 Å². The van der Waals surface area contributed by atoms with Crippen molar-refractivity contribution in [2.45, 2.75) is 13.8 Å². The van der Waals surface area contributed by atoms with Crippen LogP contribution >= 0.6 is 11.3 Å². The van der Waals surface area contributed by atoms with Crippen LogP contribution in [0.3, 0.4) is 0 Å². The maximum atomic E-state index is 9.98. The fourth-order valence-corrected chi connectivity index (χ4v) is 2.30. The molecule has 1 aromatic carbocycles. The molecule has 2 aromatic heterocycles. The Bertz CT molecular complexity index is 629. The first-order valence-corrected chi connectivity index (χ1v) is 7.60. The van der Waals surface area contributed by atoms with Crippen molar-refractivity contribution in [2.24, 2.45) is 0 Å². The Morgan fingerprint density at radius 1 is 0.913 bits per heavy atom. The maximum absolute atomic E-state index is 9.98. The number of pyridine rings is 1. The molecule has 0 unspecified atom stereocenters. The van der Waals surface area contributed by atoms with E-state index in [-0.39, 0.29) is 31.7 Å². The minimum absolute atomic E-state index is 0. The Hall–Kier alpha value is -1.81. The number of hydrogen-bond acceptors (Lipinski definition) is 4. The molecule has 3 rings (SSSR count). The number of thiophene rings is 1. The van der Waals surface area contributed by atoms with Gasteiger partial charge in [-0.25, -0.2) is 0 Å². The number of benzene rings is 1. The van der Waals surface area contributed by atoms with Crippen molar-refractivity contribution in [3.05, 3.63) is 72.7 Å². The van der Waals surface area contributed by atoms with Crippen molar-refractivity contribution in [3.63, 3.8) is 0 Å².